The number of nitrogens with zero attached hydrogens (tertiary/aromatic N) is 4. The molecule has 152 valence electrons. The molecule has 4 aromatic rings. The molecule has 1 aliphatic rings. The van der Waals surface area contributed by atoms with E-state index in [4.69, 9.17) is 9.98 Å². The van der Waals surface area contributed by atoms with Crippen LogP contribution in [0.5, 0.6) is 5.88 Å². The molecule has 1 fully saturated rings. The van der Waals surface area contributed by atoms with Crippen molar-refractivity contribution in [3.8, 4) is 5.88 Å². The van der Waals surface area contributed by atoms with E-state index >= 15 is 0 Å². The van der Waals surface area contributed by atoms with Gasteiger partial charge < -0.3 is 15.4 Å². The van der Waals surface area contributed by atoms with E-state index < -0.39 is 5.69 Å². The van der Waals surface area contributed by atoms with Gasteiger partial charge in [0.25, 0.3) is 0 Å². The normalized spacial score (nSPS) is 16.3. The molecule has 1 atom stereocenters. The minimum Gasteiger partial charge on any atom is -0.493 e. The van der Waals surface area contributed by atoms with Crippen molar-refractivity contribution in [3.63, 3.8) is 0 Å². The fourth-order valence-corrected chi connectivity index (χ4v) is 3.32. The summed E-state index contributed by atoms with van der Waals surface area (Å²) in [7, 11) is 0. The first-order valence-electron chi connectivity index (χ1n) is 9.84. The number of aromatic nitrogens is 5. The smallest absolute Gasteiger partial charge is 0.326 e. The van der Waals surface area contributed by atoms with Crippen LogP contribution in [0.1, 0.15) is 37.1 Å². The maximum atomic E-state index is 11.4. The third kappa shape index (κ3) is 3.57. The number of hydrogen-bond donors (Lipinski definition) is 4. The summed E-state index contributed by atoms with van der Waals surface area (Å²) in [6.07, 6.45) is 5.43. The van der Waals surface area contributed by atoms with Gasteiger partial charge in [-0.1, -0.05) is 30.3 Å². The standard InChI is InChI=1S/C21H21N7O2/c1-12(13-5-3-2-4-6-13)23-17-10-18(24-15-7-8-15)28-19(26-17)14(11-22-28)9-16-20(29)27-21(30)25-16/h2-6,9-12,15,23,29H,7-8H2,1H3,(H2,25,27,30). The highest BCUT2D eigenvalue weighted by molar-refractivity contribution is 5.58. The van der Waals surface area contributed by atoms with Crippen LogP contribution in [-0.2, 0) is 0 Å². The third-order valence-corrected chi connectivity index (χ3v) is 5.04. The lowest BCUT2D eigenvalue weighted by molar-refractivity contribution is 0.454. The summed E-state index contributed by atoms with van der Waals surface area (Å²) < 4.78 is 1.68. The van der Waals surface area contributed by atoms with Gasteiger partial charge in [0.15, 0.2) is 11.1 Å². The number of benzene rings is 1. The first kappa shape index (κ1) is 18.2. The number of anilines is 1. The van der Waals surface area contributed by atoms with Gasteiger partial charge in [-0.3, -0.25) is 9.98 Å². The van der Waals surface area contributed by atoms with Crippen LogP contribution in [0.2, 0.25) is 0 Å². The van der Waals surface area contributed by atoms with E-state index in [-0.39, 0.29) is 17.6 Å². The second-order valence-electron chi connectivity index (χ2n) is 7.46. The maximum Gasteiger partial charge on any atom is 0.326 e. The van der Waals surface area contributed by atoms with Crippen molar-refractivity contribution in [1.29, 1.82) is 0 Å². The molecule has 9 heteroatoms. The van der Waals surface area contributed by atoms with Gasteiger partial charge in [-0.2, -0.15) is 9.61 Å². The van der Waals surface area contributed by atoms with Crippen LogP contribution in [-0.4, -0.2) is 35.7 Å². The zero-order valence-corrected chi connectivity index (χ0v) is 16.3. The molecular weight excluding hydrogens is 382 g/mol. The monoisotopic (exact) mass is 403 g/mol. The van der Waals surface area contributed by atoms with E-state index in [0.717, 1.165) is 23.9 Å². The average Bonchev–Trinajstić information content (AvgIpc) is 3.37. The molecule has 9 nitrogen and oxygen atoms in total. The number of fused-ring (bicyclic) bond motifs is 1. The number of rotatable bonds is 5. The lowest BCUT2D eigenvalue weighted by atomic mass is 10.1. The lowest BCUT2D eigenvalue weighted by Gasteiger charge is -2.15. The first-order chi connectivity index (χ1) is 14.6. The third-order valence-electron chi connectivity index (χ3n) is 5.04. The minimum absolute atomic E-state index is 0.0512. The predicted molar refractivity (Wildman–Crippen MR) is 112 cm³/mol. The molecule has 1 saturated carbocycles. The molecule has 3 heterocycles. The zero-order valence-electron chi connectivity index (χ0n) is 16.3. The molecule has 0 saturated heterocycles. The van der Waals surface area contributed by atoms with Crippen molar-refractivity contribution < 1.29 is 5.11 Å². The molecule has 0 radical (unpaired) electrons. The summed E-state index contributed by atoms with van der Waals surface area (Å²) in [6.45, 7) is 2.07. The number of aromatic amines is 2. The largest absolute Gasteiger partial charge is 0.493 e. The van der Waals surface area contributed by atoms with Crippen molar-refractivity contribution in [2.75, 3.05) is 5.32 Å². The van der Waals surface area contributed by atoms with Crippen molar-refractivity contribution >= 4 is 17.5 Å². The first-order valence-corrected chi connectivity index (χ1v) is 9.84. The molecule has 0 bridgehead atoms. The van der Waals surface area contributed by atoms with Crippen molar-refractivity contribution in [3.05, 3.63) is 75.0 Å². The topological polar surface area (TPSA) is 123 Å². The van der Waals surface area contributed by atoms with Gasteiger partial charge in [0.05, 0.1) is 12.2 Å². The van der Waals surface area contributed by atoms with E-state index in [1.165, 1.54) is 0 Å². The number of aromatic hydroxyl groups is 1. The summed E-state index contributed by atoms with van der Waals surface area (Å²) >= 11 is 0. The molecule has 0 amide bonds. The Hall–Kier alpha value is -3.88. The summed E-state index contributed by atoms with van der Waals surface area (Å²) in [6, 6.07) is 12.4. The number of imidazole rings is 1. The van der Waals surface area contributed by atoms with Gasteiger partial charge in [-0.05, 0) is 31.4 Å². The predicted octanol–water partition coefficient (Wildman–Crippen LogP) is 1.24. The molecular formula is C21H21N7O2. The van der Waals surface area contributed by atoms with Gasteiger partial charge in [0, 0.05) is 17.3 Å². The fraction of sp³-hybridized carbons (Fsp3) is 0.238. The van der Waals surface area contributed by atoms with Crippen LogP contribution < -0.4 is 21.7 Å². The number of hydrogen-bond acceptors (Lipinski definition) is 6. The molecule has 3 aromatic heterocycles. The molecule has 0 aliphatic heterocycles. The van der Waals surface area contributed by atoms with Crippen molar-refractivity contribution in [2.24, 2.45) is 4.99 Å². The maximum absolute atomic E-state index is 11.4. The molecule has 1 aromatic carbocycles. The van der Waals surface area contributed by atoms with Gasteiger partial charge in [-0.15, -0.1) is 0 Å². The quantitative estimate of drug-likeness (QED) is 0.399. The molecule has 5 rings (SSSR count). The highest BCUT2D eigenvalue weighted by atomic mass is 16.3. The summed E-state index contributed by atoms with van der Waals surface area (Å²) in [4.78, 5) is 25.8. The Kier molecular flexibility index (Phi) is 4.35. The van der Waals surface area contributed by atoms with Crippen LogP contribution in [0, 0.1) is 0 Å². The summed E-state index contributed by atoms with van der Waals surface area (Å²) in [5.41, 5.74) is 2.24. The van der Waals surface area contributed by atoms with Gasteiger partial charge in [-0.25, -0.2) is 9.78 Å². The van der Waals surface area contributed by atoms with Crippen LogP contribution >= 0.6 is 0 Å². The van der Waals surface area contributed by atoms with E-state index in [2.05, 4.69) is 39.4 Å². The average molecular weight is 403 g/mol. The Morgan fingerprint density at radius 3 is 2.80 bits per heavy atom. The van der Waals surface area contributed by atoms with E-state index in [9.17, 15) is 9.90 Å². The van der Waals surface area contributed by atoms with Gasteiger partial charge in [0.1, 0.15) is 11.5 Å². The SMILES string of the molecule is CC(Nc1cc(=NC2CC2)n2ncc(=Cc3[nH]c(=O)[nH]c3O)c2n1)c1ccccc1. The van der Waals surface area contributed by atoms with E-state index in [0.29, 0.717) is 22.7 Å². The fourth-order valence-electron chi connectivity index (χ4n) is 3.32. The molecule has 1 unspecified atom stereocenters. The second kappa shape index (κ2) is 7.18. The minimum atomic E-state index is -0.480. The van der Waals surface area contributed by atoms with E-state index in [1.807, 2.05) is 24.3 Å². The highest BCUT2D eigenvalue weighted by Crippen LogP contribution is 2.23. The molecule has 0 spiro atoms. The molecule has 1 aliphatic carbocycles. The van der Waals surface area contributed by atoms with E-state index in [1.54, 1.807) is 16.8 Å². The van der Waals surface area contributed by atoms with Crippen LogP contribution in [0.3, 0.4) is 0 Å². The molecule has 30 heavy (non-hydrogen) atoms. The highest BCUT2D eigenvalue weighted by Gasteiger charge is 2.20. The summed E-state index contributed by atoms with van der Waals surface area (Å²) in [5.74, 6) is 0.453. The number of H-pyrrole nitrogens is 2. The van der Waals surface area contributed by atoms with Crippen LogP contribution in [0.4, 0.5) is 5.82 Å². The van der Waals surface area contributed by atoms with Crippen molar-refractivity contribution in [1.82, 2.24) is 24.6 Å². The van der Waals surface area contributed by atoms with Crippen molar-refractivity contribution in [2.45, 2.75) is 31.8 Å². The molecule has 4 N–H and O–H groups in total. The van der Waals surface area contributed by atoms with Gasteiger partial charge >= 0.3 is 5.69 Å². The van der Waals surface area contributed by atoms with Gasteiger partial charge in [0.2, 0.25) is 5.88 Å². The Bertz CT molecular complexity index is 1380. The second-order valence-corrected chi connectivity index (χ2v) is 7.46. The Morgan fingerprint density at radius 2 is 2.10 bits per heavy atom. The number of nitrogens with one attached hydrogen (secondary N) is 3. The lowest BCUT2D eigenvalue weighted by Crippen LogP contribution is -2.21. The summed E-state index contributed by atoms with van der Waals surface area (Å²) in [5, 5.41) is 18.4. The van der Waals surface area contributed by atoms with Crippen LogP contribution in [0.25, 0.3) is 11.7 Å². The Balaban J connectivity index is 1.63. The Morgan fingerprint density at radius 1 is 1.30 bits per heavy atom. The van der Waals surface area contributed by atoms with Crippen LogP contribution in [0.15, 0.2) is 52.4 Å². The zero-order chi connectivity index (χ0) is 20.7. The Labute approximate surface area is 170 Å².